The van der Waals surface area contributed by atoms with Crippen LogP contribution in [0.15, 0.2) is 18.2 Å². The van der Waals surface area contributed by atoms with Crippen molar-refractivity contribution in [3.05, 3.63) is 29.3 Å². The Bertz CT molecular complexity index is 740. The van der Waals surface area contributed by atoms with Crippen LogP contribution in [0.3, 0.4) is 0 Å². The molecule has 5 atom stereocenters. The summed E-state index contributed by atoms with van der Waals surface area (Å²) in [6, 6.07) is 6.44. The van der Waals surface area contributed by atoms with Gasteiger partial charge in [-0.1, -0.05) is 13.0 Å². The van der Waals surface area contributed by atoms with E-state index in [0.29, 0.717) is 36.4 Å². The zero-order chi connectivity index (χ0) is 18.5. The Labute approximate surface area is 154 Å². The second kappa shape index (κ2) is 6.40. The predicted molar refractivity (Wildman–Crippen MR) is 98.4 cm³/mol. The van der Waals surface area contributed by atoms with Gasteiger partial charge in [-0.3, -0.25) is 9.59 Å². The van der Waals surface area contributed by atoms with Crippen molar-refractivity contribution in [2.75, 3.05) is 7.11 Å². The highest BCUT2D eigenvalue weighted by Crippen LogP contribution is 2.62. The number of benzene rings is 1. The SMILES string of the molecule is COc1ccc2c(c1)CC[C@H]1[C@@H]3[C@H](CCC(=O)O)CC(=O)[C@@]3(C)CC[C@H]21. The van der Waals surface area contributed by atoms with E-state index in [2.05, 4.69) is 25.1 Å². The molecule has 0 amide bonds. The second-order valence-corrected chi connectivity index (χ2v) is 8.68. The van der Waals surface area contributed by atoms with Gasteiger partial charge < -0.3 is 9.84 Å². The molecule has 0 spiro atoms. The largest absolute Gasteiger partial charge is 0.497 e. The summed E-state index contributed by atoms with van der Waals surface area (Å²) >= 11 is 0. The van der Waals surface area contributed by atoms with Crippen LogP contribution in [-0.2, 0) is 16.0 Å². The molecule has 4 heteroatoms. The molecule has 0 saturated heterocycles. The van der Waals surface area contributed by atoms with Gasteiger partial charge in [-0.2, -0.15) is 0 Å². The lowest BCUT2D eigenvalue weighted by atomic mass is 9.54. The fourth-order valence-electron chi connectivity index (χ4n) is 6.32. The number of aryl methyl sites for hydroxylation is 1. The normalized spacial score (nSPS) is 35.4. The average Bonchev–Trinajstić information content (AvgIpc) is 2.89. The topological polar surface area (TPSA) is 63.6 Å². The summed E-state index contributed by atoms with van der Waals surface area (Å²) in [6.45, 7) is 2.15. The van der Waals surface area contributed by atoms with Crippen LogP contribution >= 0.6 is 0 Å². The van der Waals surface area contributed by atoms with Crippen LogP contribution in [0.5, 0.6) is 5.75 Å². The number of ketones is 1. The van der Waals surface area contributed by atoms with Crippen molar-refractivity contribution in [2.24, 2.45) is 23.2 Å². The first-order valence-electron chi connectivity index (χ1n) is 9.86. The molecule has 2 saturated carbocycles. The Balaban J connectivity index is 1.65. The monoisotopic (exact) mass is 356 g/mol. The van der Waals surface area contributed by atoms with E-state index in [1.165, 1.54) is 11.1 Å². The molecule has 3 aliphatic rings. The first-order chi connectivity index (χ1) is 12.4. The number of rotatable bonds is 4. The van der Waals surface area contributed by atoms with Crippen molar-refractivity contribution in [3.63, 3.8) is 0 Å². The van der Waals surface area contributed by atoms with E-state index in [1.54, 1.807) is 7.11 Å². The van der Waals surface area contributed by atoms with Crippen LogP contribution in [0, 0.1) is 23.2 Å². The lowest BCUT2D eigenvalue weighted by molar-refractivity contribution is -0.137. The highest BCUT2D eigenvalue weighted by molar-refractivity contribution is 5.87. The number of carbonyl (C=O) groups excluding carboxylic acids is 1. The van der Waals surface area contributed by atoms with E-state index in [9.17, 15) is 9.59 Å². The quantitative estimate of drug-likeness (QED) is 0.878. The summed E-state index contributed by atoms with van der Waals surface area (Å²) < 4.78 is 5.39. The van der Waals surface area contributed by atoms with Gasteiger partial charge in [0.1, 0.15) is 11.5 Å². The Hall–Kier alpha value is -1.84. The standard InChI is InChI=1S/C22H28O4/c1-22-10-9-17-16-7-5-15(26-2)11-13(16)3-6-18(17)21(22)14(12-19(22)23)4-8-20(24)25/h5,7,11,14,17-18,21H,3-4,6,8-10,12H2,1-2H3,(H,24,25)/t14-,17-,18-,21+,22-/m1/s1. The van der Waals surface area contributed by atoms with Gasteiger partial charge in [0.15, 0.2) is 0 Å². The van der Waals surface area contributed by atoms with Crippen LogP contribution in [0.2, 0.25) is 0 Å². The van der Waals surface area contributed by atoms with E-state index < -0.39 is 5.97 Å². The molecule has 1 aromatic carbocycles. The minimum absolute atomic E-state index is 0.176. The fourth-order valence-corrected chi connectivity index (χ4v) is 6.32. The molecule has 0 bridgehead atoms. The van der Waals surface area contributed by atoms with Gasteiger partial charge >= 0.3 is 5.97 Å². The number of hydrogen-bond acceptors (Lipinski definition) is 3. The molecule has 140 valence electrons. The van der Waals surface area contributed by atoms with Gasteiger partial charge in [0, 0.05) is 18.3 Å². The zero-order valence-corrected chi connectivity index (χ0v) is 15.7. The molecule has 0 unspecified atom stereocenters. The molecule has 1 N–H and O–H groups in total. The summed E-state index contributed by atoms with van der Waals surface area (Å²) in [6.07, 6.45) is 5.52. The summed E-state index contributed by atoms with van der Waals surface area (Å²) in [5, 5.41) is 9.12. The van der Waals surface area contributed by atoms with E-state index in [0.717, 1.165) is 31.4 Å². The van der Waals surface area contributed by atoms with Crippen LogP contribution in [0.4, 0.5) is 0 Å². The predicted octanol–water partition coefficient (Wildman–Crippen LogP) is 4.21. The highest BCUT2D eigenvalue weighted by Gasteiger charge is 2.58. The van der Waals surface area contributed by atoms with Gasteiger partial charge in [-0.05, 0) is 79.0 Å². The Morgan fingerprint density at radius 1 is 1.35 bits per heavy atom. The van der Waals surface area contributed by atoms with E-state index in [4.69, 9.17) is 9.84 Å². The molecule has 0 heterocycles. The maximum Gasteiger partial charge on any atom is 0.303 e. The summed E-state index contributed by atoms with van der Waals surface area (Å²) in [5.74, 6) is 2.11. The molecule has 0 aliphatic heterocycles. The van der Waals surface area contributed by atoms with Crippen LogP contribution in [0.25, 0.3) is 0 Å². The van der Waals surface area contributed by atoms with E-state index >= 15 is 0 Å². The van der Waals surface area contributed by atoms with Crippen molar-refractivity contribution in [1.29, 1.82) is 0 Å². The lowest BCUT2D eigenvalue weighted by Gasteiger charge is -2.50. The summed E-state index contributed by atoms with van der Waals surface area (Å²) in [7, 11) is 1.70. The van der Waals surface area contributed by atoms with Gasteiger partial charge in [0.2, 0.25) is 0 Å². The van der Waals surface area contributed by atoms with Crippen molar-refractivity contribution in [3.8, 4) is 5.75 Å². The smallest absolute Gasteiger partial charge is 0.303 e. The molecular weight excluding hydrogens is 328 g/mol. The van der Waals surface area contributed by atoms with Crippen LogP contribution in [0.1, 0.15) is 62.5 Å². The number of hydrogen-bond donors (Lipinski definition) is 1. The summed E-state index contributed by atoms with van der Waals surface area (Å²) in [4.78, 5) is 23.9. The number of carboxylic acids is 1. The van der Waals surface area contributed by atoms with E-state index in [-0.39, 0.29) is 17.8 Å². The minimum atomic E-state index is -0.750. The Morgan fingerprint density at radius 2 is 2.15 bits per heavy atom. The Morgan fingerprint density at radius 3 is 2.88 bits per heavy atom. The van der Waals surface area contributed by atoms with Crippen LogP contribution < -0.4 is 4.74 Å². The third-order valence-electron chi connectivity index (χ3n) is 7.51. The van der Waals surface area contributed by atoms with Gasteiger partial charge in [0.05, 0.1) is 7.11 Å². The average molecular weight is 356 g/mol. The number of Topliss-reactive ketones (excluding diaryl/α,β-unsaturated/α-hetero) is 1. The van der Waals surface area contributed by atoms with Gasteiger partial charge in [-0.15, -0.1) is 0 Å². The third-order valence-corrected chi connectivity index (χ3v) is 7.51. The first-order valence-corrected chi connectivity index (χ1v) is 9.86. The molecular formula is C22H28O4. The minimum Gasteiger partial charge on any atom is -0.497 e. The highest BCUT2D eigenvalue weighted by atomic mass is 16.5. The maximum atomic E-state index is 12.8. The molecule has 1 aromatic rings. The fraction of sp³-hybridized carbons (Fsp3) is 0.636. The van der Waals surface area contributed by atoms with Crippen LogP contribution in [-0.4, -0.2) is 24.0 Å². The molecule has 2 fully saturated rings. The molecule has 4 nitrogen and oxygen atoms in total. The Kier molecular flexibility index (Phi) is 4.32. The first kappa shape index (κ1) is 17.6. The number of ether oxygens (including phenoxy) is 1. The van der Waals surface area contributed by atoms with Crippen molar-refractivity contribution >= 4 is 11.8 Å². The molecule has 0 aromatic heterocycles. The number of carboxylic acid groups (broad SMARTS) is 1. The van der Waals surface area contributed by atoms with Crippen molar-refractivity contribution in [2.45, 2.75) is 57.8 Å². The van der Waals surface area contributed by atoms with Gasteiger partial charge in [0.25, 0.3) is 0 Å². The van der Waals surface area contributed by atoms with Crippen molar-refractivity contribution < 1.29 is 19.4 Å². The second-order valence-electron chi connectivity index (χ2n) is 8.68. The summed E-state index contributed by atoms with van der Waals surface area (Å²) in [5.41, 5.74) is 2.58. The number of aliphatic carboxylic acids is 1. The molecule has 3 aliphatic carbocycles. The number of carbonyl (C=O) groups is 2. The van der Waals surface area contributed by atoms with E-state index in [1.807, 2.05) is 0 Å². The molecule has 0 radical (unpaired) electrons. The molecule has 26 heavy (non-hydrogen) atoms. The maximum absolute atomic E-state index is 12.8. The third kappa shape index (κ3) is 2.65. The molecule has 4 rings (SSSR count). The van der Waals surface area contributed by atoms with Crippen molar-refractivity contribution in [1.82, 2.24) is 0 Å². The van der Waals surface area contributed by atoms with Gasteiger partial charge in [-0.25, -0.2) is 0 Å². The zero-order valence-electron chi connectivity index (χ0n) is 15.7. The lowest BCUT2D eigenvalue weighted by Crippen LogP contribution is -2.44. The number of fused-ring (bicyclic) bond motifs is 5. The number of methoxy groups -OCH3 is 1.